The Labute approximate surface area is 134 Å². The van der Waals surface area contributed by atoms with E-state index in [1.54, 1.807) is 9.80 Å². The maximum absolute atomic E-state index is 13.8. The maximum Gasteiger partial charge on any atom is 0.227 e. The fourth-order valence-electron chi connectivity index (χ4n) is 2.85. The second kappa shape index (κ2) is 6.77. The van der Waals surface area contributed by atoms with E-state index < -0.39 is 11.6 Å². The highest BCUT2D eigenvalue weighted by molar-refractivity contribution is 5.79. The van der Waals surface area contributed by atoms with Gasteiger partial charge in [-0.15, -0.1) is 0 Å². The minimum atomic E-state index is -0.561. The molecular formula is C18H18F2N2O. The highest BCUT2D eigenvalue weighted by atomic mass is 19.1. The molecule has 2 aromatic carbocycles. The number of hydrogen-bond donors (Lipinski definition) is 0. The molecule has 1 amide bonds. The second-order valence-electron chi connectivity index (χ2n) is 5.60. The molecule has 0 saturated carbocycles. The molecule has 0 aromatic heterocycles. The number of hydrogen-bond acceptors (Lipinski definition) is 2. The lowest BCUT2D eigenvalue weighted by atomic mass is 10.1. The third-order valence-electron chi connectivity index (χ3n) is 4.08. The lowest BCUT2D eigenvalue weighted by Crippen LogP contribution is -2.49. The zero-order valence-corrected chi connectivity index (χ0v) is 12.7. The highest BCUT2D eigenvalue weighted by Gasteiger charge is 2.24. The molecule has 23 heavy (non-hydrogen) atoms. The number of para-hydroxylation sites is 1. The van der Waals surface area contributed by atoms with Gasteiger partial charge in [-0.2, -0.15) is 0 Å². The Balaban J connectivity index is 1.61. The van der Waals surface area contributed by atoms with Crippen molar-refractivity contribution in [3.05, 3.63) is 65.7 Å². The Morgan fingerprint density at radius 1 is 0.870 bits per heavy atom. The van der Waals surface area contributed by atoms with Crippen molar-refractivity contribution in [1.29, 1.82) is 0 Å². The average Bonchev–Trinajstić information content (AvgIpc) is 2.56. The van der Waals surface area contributed by atoms with Crippen LogP contribution in [0.1, 0.15) is 5.56 Å². The Bertz CT molecular complexity index is 662. The number of nitrogens with zero attached hydrogens (tertiary/aromatic N) is 2. The van der Waals surface area contributed by atoms with Gasteiger partial charge in [0.2, 0.25) is 5.91 Å². The van der Waals surface area contributed by atoms with Crippen LogP contribution < -0.4 is 4.90 Å². The normalized spacial score (nSPS) is 14.9. The van der Waals surface area contributed by atoms with Crippen LogP contribution in [0.4, 0.5) is 14.5 Å². The van der Waals surface area contributed by atoms with Crippen molar-refractivity contribution in [3.8, 4) is 0 Å². The summed E-state index contributed by atoms with van der Waals surface area (Å²) in [5.41, 5.74) is 0.975. The third-order valence-corrected chi connectivity index (χ3v) is 4.08. The lowest BCUT2D eigenvalue weighted by molar-refractivity contribution is -0.130. The highest BCUT2D eigenvalue weighted by Crippen LogP contribution is 2.24. The summed E-state index contributed by atoms with van der Waals surface area (Å²) in [6.07, 6.45) is 0.356. The Morgan fingerprint density at radius 2 is 1.48 bits per heavy atom. The molecule has 0 atom stereocenters. The fraction of sp³-hybridized carbons (Fsp3) is 0.278. The fourth-order valence-corrected chi connectivity index (χ4v) is 2.85. The van der Waals surface area contributed by atoms with E-state index in [9.17, 15) is 13.6 Å². The minimum absolute atomic E-state index is 0.00246. The number of rotatable bonds is 3. The van der Waals surface area contributed by atoms with Gasteiger partial charge in [-0.25, -0.2) is 8.78 Å². The molecule has 0 spiro atoms. The molecule has 0 radical (unpaired) electrons. The predicted molar refractivity (Wildman–Crippen MR) is 85.3 cm³/mol. The van der Waals surface area contributed by atoms with Crippen molar-refractivity contribution in [3.63, 3.8) is 0 Å². The summed E-state index contributed by atoms with van der Waals surface area (Å²) in [6, 6.07) is 13.4. The first-order chi connectivity index (χ1) is 11.1. The van der Waals surface area contributed by atoms with Crippen LogP contribution in [0.25, 0.3) is 0 Å². The molecule has 1 heterocycles. The molecule has 1 saturated heterocycles. The van der Waals surface area contributed by atoms with Crippen LogP contribution in [-0.4, -0.2) is 37.0 Å². The molecule has 0 aliphatic carbocycles. The summed E-state index contributed by atoms with van der Waals surface area (Å²) in [7, 11) is 0. The van der Waals surface area contributed by atoms with Gasteiger partial charge in [0.1, 0.15) is 17.3 Å². The van der Waals surface area contributed by atoms with Crippen LogP contribution >= 0.6 is 0 Å². The van der Waals surface area contributed by atoms with Crippen LogP contribution in [0.3, 0.4) is 0 Å². The minimum Gasteiger partial charge on any atom is -0.363 e. The number of anilines is 1. The second-order valence-corrected chi connectivity index (χ2v) is 5.60. The van der Waals surface area contributed by atoms with E-state index in [2.05, 4.69) is 0 Å². The quantitative estimate of drug-likeness (QED) is 0.869. The largest absolute Gasteiger partial charge is 0.363 e. The SMILES string of the molecule is O=C(Cc1ccccc1)N1CCN(c2c(F)cccc2F)CC1. The van der Waals surface area contributed by atoms with Crippen LogP contribution in [-0.2, 0) is 11.2 Å². The standard InChI is InChI=1S/C18H18F2N2O/c19-15-7-4-8-16(20)18(15)22-11-9-21(10-12-22)17(23)13-14-5-2-1-3-6-14/h1-8H,9-13H2. The maximum atomic E-state index is 13.8. The van der Waals surface area contributed by atoms with Gasteiger partial charge in [0.25, 0.3) is 0 Å². The lowest BCUT2D eigenvalue weighted by Gasteiger charge is -2.36. The van der Waals surface area contributed by atoms with Crippen molar-refractivity contribution < 1.29 is 13.6 Å². The van der Waals surface area contributed by atoms with Crippen molar-refractivity contribution >= 4 is 11.6 Å². The van der Waals surface area contributed by atoms with Gasteiger partial charge >= 0.3 is 0 Å². The van der Waals surface area contributed by atoms with Gasteiger partial charge in [0.05, 0.1) is 6.42 Å². The monoisotopic (exact) mass is 316 g/mol. The summed E-state index contributed by atoms with van der Waals surface area (Å²) in [4.78, 5) is 15.7. The Morgan fingerprint density at radius 3 is 2.09 bits per heavy atom. The van der Waals surface area contributed by atoms with E-state index in [-0.39, 0.29) is 11.6 Å². The molecule has 1 aliphatic rings. The molecule has 1 fully saturated rings. The molecule has 0 bridgehead atoms. The first-order valence-corrected chi connectivity index (χ1v) is 7.66. The molecule has 120 valence electrons. The molecule has 0 unspecified atom stereocenters. The molecule has 1 aliphatic heterocycles. The van der Waals surface area contributed by atoms with Gasteiger partial charge in [0, 0.05) is 26.2 Å². The summed E-state index contributed by atoms with van der Waals surface area (Å²) in [6.45, 7) is 1.80. The van der Waals surface area contributed by atoms with Gasteiger partial charge in [-0.1, -0.05) is 36.4 Å². The predicted octanol–water partition coefficient (Wildman–Crippen LogP) is 2.86. The first kappa shape index (κ1) is 15.5. The molecule has 5 heteroatoms. The summed E-state index contributed by atoms with van der Waals surface area (Å²) in [5.74, 6) is -1.08. The van der Waals surface area contributed by atoms with Crippen molar-refractivity contribution in [2.45, 2.75) is 6.42 Å². The summed E-state index contributed by atoms with van der Waals surface area (Å²) in [5, 5.41) is 0. The van der Waals surface area contributed by atoms with Gasteiger partial charge in [-0.3, -0.25) is 4.79 Å². The molecule has 3 nitrogen and oxygen atoms in total. The number of piperazine rings is 1. The van der Waals surface area contributed by atoms with E-state index in [4.69, 9.17) is 0 Å². The Kier molecular flexibility index (Phi) is 4.55. The molecule has 2 aromatic rings. The summed E-state index contributed by atoms with van der Waals surface area (Å²) >= 11 is 0. The number of amides is 1. The molecular weight excluding hydrogens is 298 g/mol. The Hall–Kier alpha value is -2.43. The van der Waals surface area contributed by atoms with Crippen molar-refractivity contribution in [2.75, 3.05) is 31.1 Å². The first-order valence-electron chi connectivity index (χ1n) is 7.66. The third kappa shape index (κ3) is 3.50. The molecule has 3 rings (SSSR count). The van der Waals surface area contributed by atoms with E-state index in [0.29, 0.717) is 32.6 Å². The van der Waals surface area contributed by atoms with Crippen LogP contribution in [0, 0.1) is 11.6 Å². The van der Waals surface area contributed by atoms with Crippen molar-refractivity contribution in [2.24, 2.45) is 0 Å². The smallest absolute Gasteiger partial charge is 0.227 e. The van der Waals surface area contributed by atoms with Crippen LogP contribution in [0.5, 0.6) is 0 Å². The number of carbonyl (C=O) groups is 1. The van der Waals surface area contributed by atoms with Crippen molar-refractivity contribution in [1.82, 2.24) is 4.90 Å². The van der Waals surface area contributed by atoms with Gasteiger partial charge in [0.15, 0.2) is 0 Å². The molecule has 0 N–H and O–H groups in total. The zero-order valence-electron chi connectivity index (χ0n) is 12.7. The number of halogens is 2. The van der Waals surface area contributed by atoms with Crippen LogP contribution in [0.15, 0.2) is 48.5 Å². The number of carbonyl (C=O) groups excluding carboxylic acids is 1. The van der Waals surface area contributed by atoms with Gasteiger partial charge in [-0.05, 0) is 17.7 Å². The van der Waals surface area contributed by atoms with E-state index in [1.807, 2.05) is 30.3 Å². The van der Waals surface area contributed by atoms with Crippen LogP contribution in [0.2, 0.25) is 0 Å². The van der Waals surface area contributed by atoms with E-state index in [1.165, 1.54) is 18.2 Å². The zero-order chi connectivity index (χ0) is 16.2. The van der Waals surface area contributed by atoms with E-state index in [0.717, 1.165) is 5.56 Å². The topological polar surface area (TPSA) is 23.6 Å². The summed E-state index contributed by atoms with van der Waals surface area (Å²) < 4.78 is 27.6. The van der Waals surface area contributed by atoms with E-state index >= 15 is 0 Å². The number of benzene rings is 2. The average molecular weight is 316 g/mol. The van der Waals surface area contributed by atoms with Gasteiger partial charge < -0.3 is 9.80 Å².